The summed E-state index contributed by atoms with van der Waals surface area (Å²) in [5, 5.41) is 3.43. The maximum Gasteiger partial charge on any atom is 0.314 e. The van der Waals surface area contributed by atoms with Crippen LogP contribution in [0.25, 0.3) is 0 Å². The van der Waals surface area contributed by atoms with Gasteiger partial charge in [0, 0.05) is 6.54 Å². The van der Waals surface area contributed by atoms with Crippen LogP contribution < -0.4 is 5.32 Å². The topological polar surface area (TPSA) is 38.3 Å². The van der Waals surface area contributed by atoms with E-state index in [4.69, 9.17) is 4.74 Å². The number of hydrogen-bond donors (Lipinski definition) is 1. The lowest BCUT2D eigenvalue weighted by Gasteiger charge is -2.20. The fourth-order valence-corrected chi connectivity index (χ4v) is 2.64. The van der Waals surface area contributed by atoms with Crippen molar-refractivity contribution < 1.29 is 9.53 Å². The summed E-state index contributed by atoms with van der Waals surface area (Å²) in [7, 11) is 1.45. The zero-order chi connectivity index (χ0) is 14.2. The molecule has 1 N–H and O–H groups in total. The van der Waals surface area contributed by atoms with Crippen LogP contribution >= 0.6 is 0 Å². The Labute approximate surface area is 121 Å². The highest BCUT2D eigenvalue weighted by Gasteiger charge is 2.21. The lowest BCUT2D eigenvalue weighted by atomic mass is 9.94. The molecular weight excluding hydrogens is 250 g/mol. The first-order valence-corrected chi connectivity index (χ1v) is 7.29. The van der Waals surface area contributed by atoms with Gasteiger partial charge >= 0.3 is 5.97 Å². The average molecular weight is 273 g/mol. The molecule has 2 atom stereocenters. The molecule has 0 aromatic heterocycles. The largest absolute Gasteiger partial charge is 0.469 e. The van der Waals surface area contributed by atoms with E-state index in [1.807, 2.05) is 30.3 Å². The van der Waals surface area contributed by atoms with E-state index >= 15 is 0 Å². The number of ether oxygens (including phenoxy) is 1. The van der Waals surface area contributed by atoms with Gasteiger partial charge in [0.2, 0.25) is 0 Å². The molecule has 0 amide bonds. The number of allylic oxidation sites excluding steroid dienone is 2. The van der Waals surface area contributed by atoms with Crippen molar-refractivity contribution in [2.45, 2.75) is 25.2 Å². The highest BCUT2D eigenvalue weighted by molar-refractivity contribution is 5.78. The third kappa shape index (κ3) is 4.20. The standard InChI is InChI=1S/C17H23NO2/c1-20-17(19)16(15-10-6-3-7-11-15)13-18-12-14-8-4-2-5-9-14/h2-4,6-7,10-11,14,16,18H,5,8-9,12-13H2,1H3. The van der Waals surface area contributed by atoms with Crippen LogP contribution in [0.1, 0.15) is 30.7 Å². The van der Waals surface area contributed by atoms with Crippen LogP contribution in [0.3, 0.4) is 0 Å². The summed E-state index contributed by atoms with van der Waals surface area (Å²) in [6, 6.07) is 9.83. The summed E-state index contributed by atoms with van der Waals surface area (Å²) >= 11 is 0. The lowest BCUT2D eigenvalue weighted by molar-refractivity contribution is -0.142. The van der Waals surface area contributed by atoms with Gasteiger partial charge in [0.1, 0.15) is 0 Å². The molecule has 0 fully saturated rings. The Morgan fingerprint density at radius 2 is 2.15 bits per heavy atom. The van der Waals surface area contributed by atoms with Gasteiger partial charge in [-0.1, -0.05) is 42.5 Å². The van der Waals surface area contributed by atoms with Crippen molar-refractivity contribution in [2.24, 2.45) is 5.92 Å². The van der Waals surface area contributed by atoms with Crippen LogP contribution in [0.2, 0.25) is 0 Å². The molecular formula is C17H23NO2. The van der Waals surface area contributed by atoms with E-state index in [0.717, 1.165) is 18.5 Å². The van der Waals surface area contributed by atoms with E-state index in [2.05, 4.69) is 17.5 Å². The summed E-state index contributed by atoms with van der Waals surface area (Å²) in [5.41, 5.74) is 1.01. The molecule has 0 saturated heterocycles. The van der Waals surface area contributed by atoms with Crippen LogP contribution in [0.15, 0.2) is 42.5 Å². The molecule has 2 rings (SSSR count). The highest BCUT2D eigenvalue weighted by atomic mass is 16.5. The molecule has 0 bridgehead atoms. The number of methoxy groups -OCH3 is 1. The summed E-state index contributed by atoms with van der Waals surface area (Å²) in [5.74, 6) is 0.293. The zero-order valence-electron chi connectivity index (χ0n) is 12.0. The third-order valence-corrected chi connectivity index (χ3v) is 3.85. The monoisotopic (exact) mass is 273 g/mol. The van der Waals surface area contributed by atoms with Gasteiger partial charge in [0.05, 0.1) is 13.0 Å². The maximum atomic E-state index is 11.9. The van der Waals surface area contributed by atoms with Crippen molar-refractivity contribution in [3.8, 4) is 0 Å². The minimum absolute atomic E-state index is 0.174. The fraction of sp³-hybridized carbons (Fsp3) is 0.471. The van der Waals surface area contributed by atoms with Gasteiger partial charge in [0.15, 0.2) is 0 Å². The number of carbonyl (C=O) groups is 1. The van der Waals surface area contributed by atoms with Crippen LogP contribution in [-0.2, 0) is 9.53 Å². The smallest absolute Gasteiger partial charge is 0.314 e. The van der Waals surface area contributed by atoms with Gasteiger partial charge in [-0.15, -0.1) is 0 Å². The molecule has 1 aliphatic carbocycles. The van der Waals surface area contributed by atoms with Gasteiger partial charge in [0.25, 0.3) is 0 Å². The van der Waals surface area contributed by atoms with Crippen molar-refractivity contribution in [3.63, 3.8) is 0 Å². The molecule has 0 spiro atoms. The minimum atomic E-state index is -0.222. The number of nitrogens with one attached hydrogen (secondary N) is 1. The van der Waals surface area contributed by atoms with E-state index in [0.29, 0.717) is 12.5 Å². The van der Waals surface area contributed by atoms with E-state index in [1.54, 1.807) is 0 Å². The highest BCUT2D eigenvalue weighted by Crippen LogP contribution is 2.19. The second-order valence-corrected chi connectivity index (χ2v) is 5.30. The SMILES string of the molecule is COC(=O)C(CNCC1CC=CCC1)c1ccccc1. The summed E-state index contributed by atoms with van der Waals surface area (Å²) in [6.07, 6.45) is 8.05. The normalized spacial score (nSPS) is 19.6. The van der Waals surface area contributed by atoms with Crippen LogP contribution in [-0.4, -0.2) is 26.2 Å². The second-order valence-electron chi connectivity index (χ2n) is 5.30. The molecule has 2 unspecified atom stereocenters. The third-order valence-electron chi connectivity index (χ3n) is 3.85. The lowest BCUT2D eigenvalue weighted by Crippen LogP contribution is -2.31. The number of hydrogen-bond acceptors (Lipinski definition) is 3. The van der Waals surface area contributed by atoms with E-state index in [-0.39, 0.29) is 11.9 Å². The summed E-state index contributed by atoms with van der Waals surface area (Å²) < 4.78 is 4.92. The molecule has 0 aliphatic heterocycles. The molecule has 20 heavy (non-hydrogen) atoms. The molecule has 3 heteroatoms. The van der Waals surface area contributed by atoms with Gasteiger partial charge < -0.3 is 10.1 Å². The van der Waals surface area contributed by atoms with Gasteiger partial charge in [-0.25, -0.2) is 0 Å². The Bertz CT molecular complexity index is 442. The maximum absolute atomic E-state index is 11.9. The predicted octanol–water partition coefficient (Wildman–Crippen LogP) is 2.89. The Balaban J connectivity index is 1.88. The van der Waals surface area contributed by atoms with Crippen LogP contribution in [0, 0.1) is 5.92 Å². The first-order chi connectivity index (χ1) is 9.81. The van der Waals surface area contributed by atoms with Crippen LogP contribution in [0.4, 0.5) is 0 Å². The number of carbonyl (C=O) groups excluding carboxylic acids is 1. The molecule has 0 radical (unpaired) electrons. The van der Waals surface area contributed by atoms with Crippen molar-refractivity contribution in [2.75, 3.05) is 20.2 Å². The molecule has 1 aromatic rings. The van der Waals surface area contributed by atoms with Crippen molar-refractivity contribution >= 4 is 5.97 Å². The van der Waals surface area contributed by atoms with Crippen molar-refractivity contribution in [1.29, 1.82) is 0 Å². The molecule has 1 aliphatic rings. The zero-order valence-corrected chi connectivity index (χ0v) is 12.0. The predicted molar refractivity (Wildman–Crippen MR) is 80.5 cm³/mol. The van der Waals surface area contributed by atoms with E-state index < -0.39 is 0 Å². The Hall–Kier alpha value is -1.61. The Morgan fingerprint density at radius 1 is 1.35 bits per heavy atom. The Morgan fingerprint density at radius 3 is 2.80 bits per heavy atom. The summed E-state index contributed by atoms with van der Waals surface area (Å²) in [6.45, 7) is 1.60. The second kappa shape index (κ2) is 7.85. The first-order valence-electron chi connectivity index (χ1n) is 7.29. The van der Waals surface area contributed by atoms with Gasteiger partial charge in [-0.3, -0.25) is 4.79 Å². The molecule has 1 aromatic carbocycles. The summed E-state index contributed by atoms with van der Waals surface area (Å²) in [4.78, 5) is 11.9. The van der Waals surface area contributed by atoms with Crippen molar-refractivity contribution in [3.05, 3.63) is 48.0 Å². The van der Waals surface area contributed by atoms with Gasteiger partial charge in [-0.2, -0.15) is 0 Å². The number of esters is 1. The number of rotatable bonds is 6. The molecule has 108 valence electrons. The fourth-order valence-electron chi connectivity index (χ4n) is 2.64. The van der Waals surface area contributed by atoms with E-state index in [9.17, 15) is 4.79 Å². The molecule has 3 nitrogen and oxygen atoms in total. The molecule has 0 heterocycles. The quantitative estimate of drug-likeness (QED) is 0.640. The first kappa shape index (κ1) is 14.8. The van der Waals surface area contributed by atoms with E-state index in [1.165, 1.54) is 20.0 Å². The average Bonchev–Trinajstić information content (AvgIpc) is 2.53. The van der Waals surface area contributed by atoms with Crippen molar-refractivity contribution in [1.82, 2.24) is 5.32 Å². The van der Waals surface area contributed by atoms with Gasteiger partial charge in [-0.05, 0) is 37.3 Å². The minimum Gasteiger partial charge on any atom is -0.469 e. The Kier molecular flexibility index (Phi) is 5.81. The van der Waals surface area contributed by atoms with Crippen LogP contribution in [0.5, 0.6) is 0 Å². The number of benzene rings is 1. The molecule has 0 saturated carbocycles.